The van der Waals surface area contributed by atoms with E-state index in [0.29, 0.717) is 11.9 Å². The summed E-state index contributed by atoms with van der Waals surface area (Å²) in [6.07, 6.45) is 1.47. The number of aromatic nitrogens is 4. The maximum absolute atomic E-state index is 6.03. The van der Waals surface area contributed by atoms with Crippen molar-refractivity contribution in [3.05, 3.63) is 65.9 Å². The molecule has 0 aliphatic carbocycles. The number of benzene rings is 2. The molecule has 4 N–H and O–H groups in total. The molecule has 5 rings (SSSR count). The molecule has 0 radical (unpaired) electrons. The van der Waals surface area contributed by atoms with Gasteiger partial charge in [-0.2, -0.15) is 5.10 Å². The van der Waals surface area contributed by atoms with E-state index in [-0.39, 0.29) is 6.17 Å². The fraction of sp³-hybridized carbons (Fsp3) is 0.105. The fourth-order valence-corrected chi connectivity index (χ4v) is 3.37. The Hall–Kier alpha value is -3.61. The van der Waals surface area contributed by atoms with Crippen LogP contribution in [0.15, 0.2) is 59.7 Å². The van der Waals surface area contributed by atoms with Gasteiger partial charge in [0.05, 0.1) is 22.9 Å². The van der Waals surface area contributed by atoms with Crippen LogP contribution >= 0.6 is 0 Å². The second-order valence-corrected chi connectivity index (χ2v) is 6.37. The Morgan fingerprint density at radius 1 is 1.08 bits per heavy atom. The Morgan fingerprint density at radius 3 is 2.73 bits per heavy atom. The van der Waals surface area contributed by atoms with Crippen LogP contribution in [-0.4, -0.2) is 25.7 Å². The van der Waals surface area contributed by atoms with Crippen molar-refractivity contribution in [3.63, 3.8) is 0 Å². The molecule has 1 atom stereocenters. The van der Waals surface area contributed by atoms with Gasteiger partial charge < -0.3 is 5.73 Å². The molecule has 0 unspecified atom stereocenters. The summed E-state index contributed by atoms with van der Waals surface area (Å²) in [4.78, 5) is 9.28. The zero-order valence-electron chi connectivity index (χ0n) is 14.1. The highest BCUT2D eigenvalue weighted by Crippen LogP contribution is 2.36. The summed E-state index contributed by atoms with van der Waals surface area (Å²) in [5, 5.41) is 10.4. The molecule has 4 aromatic rings. The van der Waals surface area contributed by atoms with Crippen molar-refractivity contribution in [1.82, 2.24) is 19.7 Å². The summed E-state index contributed by atoms with van der Waals surface area (Å²) < 4.78 is 2.05. The van der Waals surface area contributed by atoms with Crippen LogP contribution in [-0.2, 0) is 0 Å². The van der Waals surface area contributed by atoms with E-state index in [2.05, 4.69) is 56.7 Å². The van der Waals surface area contributed by atoms with Crippen molar-refractivity contribution in [2.75, 3.05) is 5.32 Å². The van der Waals surface area contributed by atoms with Gasteiger partial charge in [0.2, 0.25) is 5.95 Å². The number of rotatable bonds is 2. The van der Waals surface area contributed by atoms with Crippen LogP contribution < -0.4 is 11.1 Å². The third-order valence-corrected chi connectivity index (χ3v) is 4.63. The molecule has 26 heavy (non-hydrogen) atoms. The Bertz CT molecular complexity index is 1130. The largest absolute Gasteiger partial charge is 0.370 e. The van der Waals surface area contributed by atoms with E-state index >= 15 is 0 Å². The third-order valence-electron chi connectivity index (χ3n) is 4.63. The zero-order chi connectivity index (χ0) is 17.7. The number of hydrogen-bond acceptors (Lipinski definition) is 5. The summed E-state index contributed by atoms with van der Waals surface area (Å²) in [5.41, 5.74) is 12.1. The van der Waals surface area contributed by atoms with Crippen LogP contribution in [0, 0.1) is 6.92 Å². The highest BCUT2D eigenvalue weighted by molar-refractivity contribution is 5.94. The average molecular weight is 343 g/mol. The predicted molar refractivity (Wildman–Crippen MR) is 102 cm³/mol. The van der Waals surface area contributed by atoms with E-state index in [0.717, 1.165) is 27.9 Å². The molecule has 2 aromatic heterocycles. The molecule has 0 spiro atoms. The first kappa shape index (κ1) is 14.7. The summed E-state index contributed by atoms with van der Waals surface area (Å²) in [7, 11) is 0. The summed E-state index contributed by atoms with van der Waals surface area (Å²) in [6.45, 7) is 2.07. The minimum Gasteiger partial charge on any atom is -0.370 e. The molecule has 0 saturated carbocycles. The SMILES string of the molecule is Cc1ccc(-c2[nH]ncc2[C@H]2N=C(N)Nc3nc4ccccc4n32)cc1. The minimum absolute atomic E-state index is 0.339. The summed E-state index contributed by atoms with van der Waals surface area (Å²) >= 11 is 0. The second-order valence-electron chi connectivity index (χ2n) is 6.37. The lowest BCUT2D eigenvalue weighted by molar-refractivity contribution is 0.628. The van der Waals surface area contributed by atoms with Crippen LogP contribution in [0.2, 0.25) is 0 Å². The number of H-pyrrole nitrogens is 1. The Labute approximate surface area is 149 Å². The third kappa shape index (κ3) is 2.17. The van der Waals surface area contributed by atoms with Gasteiger partial charge in [0, 0.05) is 5.56 Å². The first-order chi connectivity index (χ1) is 12.7. The van der Waals surface area contributed by atoms with Crippen LogP contribution in [0.5, 0.6) is 0 Å². The Kier molecular flexibility index (Phi) is 3.08. The number of guanidine groups is 1. The van der Waals surface area contributed by atoms with E-state index in [1.807, 2.05) is 28.8 Å². The van der Waals surface area contributed by atoms with Crippen LogP contribution in [0.4, 0.5) is 5.95 Å². The van der Waals surface area contributed by atoms with Crippen molar-refractivity contribution >= 4 is 22.9 Å². The number of hydrogen-bond donors (Lipinski definition) is 3. The second kappa shape index (κ2) is 5.45. The van der Waals surface area contributed by atoms with E-state index in [9.17, 15) is 0 Å². The average Bonchev–Trinajstić information content (AvgIpc) is 3.26. The topological polar surface area (TPSA) is 96.9 Å². The molecule has 0 fully saturated rings. The van der Waals surface area contributed by atoms with Gasteiger partial charge in [0.1, 0.15) is 0 Å². The lowest BCUT2D eigenvalue weighted by atomic mass is 10.0. The smallest absolute Gasteiger partial charge is 0.212 e. The Morgan fingerprint density at radius 2 is 1.88 bits per heavy atom. The summed E-state index contributed by atoms with van der Waals surface area (Å²) in [6, 6.07) is 16.3. The number of para-hydroxylation sites is 2. The Balaban J connectivity index is 1.71. The number of anilines is 1. The highest BCUT2D eigenvalue weighted by atomic mass is 15.4. The summed E-state index contributed by atoms with van der Waals surface area (Å²) in [5.74, 6) is 1.02. The molecule has 7 heteroatoms. The molecule has 128 valence electrons. The first-order valence-electron chi connectivity index (χ1n) is 8.38. The van der Waals surface area contributed by atoms with Crippen LogP contribution in [0.1, 0.15) is 17.3 Å². The van der Waals surface area contributed by atoms with Gasteiger partial charge in [-0.1, -0.05) is 42.0 Å². The number of aryl methyl sites for hydroxylation is 1. The van der Waals surface area contributed by atoms with Gasteiger partial charge in [-0.05, 0) is 24.6 Å². The molecule has 3 heterocycles. The molecule has 0 saturated heterocycles. The van der Waals surface area contributed by atoms with E-state index in [4.69, 9.17) is 5.73 Å². The van der Waals surface area contributed by atoms with Crippen molar-refractivity contribution in [3.8, 4) is 11.3 Å². The van der Waals surface area contributed by atoms with Gasteiger partial charge in [0.25, 0.3) is 0 Å². The quantitative estimate of drug-likeness (QED) is 0.521. The lowest BCUT2D eigenvalue weighted by Gasteiger charge is -2.23. The molecule has 1 aliphatic heterocycles. The zero-order valence-corrected chi connectivity index (χ0v) is 14.1. The minimum atomic E-state index is -0.339. The van der Waals surface area contributed by atoms with Gasteiger partial charge in [-0.15, -0.1) is 0 Å². The van der Waals surface area contributed by atoms with Crippen LogP contribution in [0.3, 0.4) is 0 Å². The molecule has 0 amide bonds. The van der Waals surface area contributed by atoms with Gasteiger partial charge in [-0.3, -0.25) is 15.0 Å². The van der Waals surface area contributed by atoms with E-state index < -0.39 is 0 Å². The van der Waals surface area contributed by atoms with Crippen molar-refractivity contribution in [2.24, 2.45) is 10.7 Å². The number of aliphatic imine (C=N–C) groups is 1. The molecular formula is C19H17N7. The molecule has 0 bridgehead atoms. The standard InChI is InChI=1S/C19H17N7/c1-11-6-8-12(9-7-11)16-13(10-21-25-16)17-23-18(20)24-19-22-14-4-2-3-5-15(14)26(17)19/h2-10,17H,1H3,(H,21,25)(H3,20,22,23,24)/t17-/m0/s1. The molecule has 2 aromatic carbocycles. The van der Waals surface area contributed by atoms with Gasteiger partial charge in [0.15, 0.2) is 12.1 Å². The predicted octanol–water partition coefficient (Wildman–Crippen LogP) is 3.02. The van der Waals surface area contributed by atoms with Crippen molar-refractivity contribution < 1.29 is 0 Å². The number of nitrogens with zero attached hydrogens (tertiary/aromatic N) is 4. The number of imidazole rings is 1. The normalized spacial score (nSPS) is 16.2. The fourth-order valence-electron chi connectivity index (χ4n) is 3.37. The number of fused-ring (bicyclic) bond motifs is 3. The maximum Gasteiger partial charge on any atom is 0.212 e. The van der Waals surface area contributed by atoms with Crippen LogP contribution in [0.25, 0.3) is 22.3 Å². The van der Waals surface area contributed by atoms with E-state index in [1.54, 1.807) is 6.20 Å². The molecule has 1 aliphatic rings. The lowest BCUT2D eigenvalue weighted by Crippen LogP contribution is -2.31. The molecular weight excluding hydrogens is 326 g/mol. The van der Waals surface area contributed by atoms with Gasteiger partial charge in [-0.25, -0.2) is 9.98 Å². The first-order valence-corrected chi connectivity index (χ1v) is 8.38. The molecule has 7 nitrogen and oxygen atoms in total. The monoisotopic (exact) mass is 343 g/mol. The number of aromatic amines is 1. The number of nitrogens with two attached hydrogens (primary N) is 1. The van der Waals surface area contributed by atoms with Gasteiger partial charge >= 0.3 is 0 Å². The highest BCUT2D eigenvalue weighted by Gasteiger charge is 2.28. The number of nitrogens with one attached hydrogen (secondary N) is 2. The van der Waals surface area contributed by atoms with E-state index in [1.165, 1.54) is 5.56 Å². The van der Waals surface area contributed by atoms with Crippen molar-refractivity contribution in [2.45, 2.75) is 13.1 Å². The van der Waals surface area contributed by atoms with Crippen molar-refractivity contribution in [1.29, 1.82) is 0 Å². The maximum atomic E-state index is 6.03.